The van der Waals surface area contributed by atoms with Crippen LogP contribution in [0.4, 0.5) is 20.2 Å². The molecule has 0 bridgehead atoms. The van der Waals surface area contributed by atoms with Gasteiger partial charge in [-0.3, -0.25) is 10.1 Å². The fourth-order valence-electron chi connectivity index (χ4n) is 1.32. The van der Waals surface area contributed by atoms with Crippen LogP contribution < -0.4 is 5.32 Å². The predicted octanol–water partition coefficient (Wildman–Crippen LogP) is 1.99. The average Bonchev–Trinajstić information content (AvgIpc) is 2.36. The van der Waals surface area contributed by atoms with E-state index in [0.29, 0.717) is 6.07 Å². The SMILES string of the molecule is O=C(O)c1cc([N+](=O)[O-])cc(Cl)c1NCC(F)(F)CO. The van der Waals surface area contributed by atoms with Crippen LogP contribution in [-0.4, -0.2) is 40.2 Å². The van der Waals surface area contributed by atoms with Crippen LogP contribution in [0.2, 0.25) is 5.02 Å². The third kappa shape index (κ3) is 3.75. The highest BCUT2D eigenvalue weighted by Gasteiger charge is 2.29. The topological polar surface area (TPSA) is 113 Å². The first-order valence-corrected chi connectivity index (χ1v) is 5.49. The lowest BCUT2D eigenvalue weighted by atomic mass is 10.1. The van der Waals surface area contributed by atoms with Gasteiger partial charge in [0.25, 0.3) is 11.6 Å². The van der Waals surface area contributed by atoms with E-state index < -0.39 is 41.2 Å². The number of hydrogen-bond donors (Lipinski definition) is 3. The summed E-state index contributed by atoms with van der Waals surface area (Å²) in [4.78, 5) is 20.7. The number of benzene rings is 1. The zero-order valence-corrected chi connectivity index (χ0v) is 10.5. The Hall–Kier alpha value is -2.00. The van der Waals surface area contributed by atoms with Crippen LogP contribution >= 0.6 is 11.6 Å². The van der Waals surface area contributed by atoms with Gasteiger partial charge in [-0.1, -0.05) is 11.6 Å². The summed E-state index contributed by atoms with van der Waals surface area (Å²) in [6.45, 7) is -2.51. The van der Waals surface area contributed by atoms with Crippen molar-refractivity contribution in [2.45, 2.75) is 5.92 Å². The van der Waals surface area contributed by atoms with Gasteiger partial charge in [-0.05, 0) is 0 Å². The number of aliphatic hydroxyl groups is 1. The lowest BCUT2D eigenvalue weighted by Gasteiger charge is -2.17. The third-order valence-electron chi connectivity index (χ3n) is 2.27. The Morgan fingerprint density at radius 2 is 2.10 bits per heavy atom. The normalized spacial score (nSPS) is 11.2. The summed E-state index contributed by atoms with van der Waals surface area (Å²) < 4.78 is 25.8. The van der Waals surface area contributed by atoms with Gasteiger partial charge in [0, 0.05) is 12.1 Å². The molecule has 0 saturated carbocycles. The molecule has 0 saturated heterocycles. The lowest BCUT2D eigenvalue weighted by Crippen LogP contribution is -2.31. The molecule has 0 heterocycles. The van der Waals surface area contributed by atoms with E-state index in [9.17, 15) is 23.7 Å². The Balaban J connectivity index is 3.18. The first kappa shape index (κ1) is 16.1. The molecule has 0 aliphatic heterocycles. The second kappa shape index (κ2) is 5.97. The lowest BCUT2D eigenvalue weighted by molar-refractivity contribution is -0.384. The highest BCUT2D eigenvalue weighted by atomic mass is 35.5. The maximum Gasteiger partial charge on any atom is 0.338 e. The molecular weight excluding hydrogens is 302 g/mol. The van der Waals surface area contributed by atoms with Crippen LogP contribution in [0.15, 0.2) is 12.1 Å². The number of nitrogens with one attached hydrogen (secondary N) is 1. The first-order chi connectivity index (χ1) is 9.18. The van der Waals surface area contributed by atoms with Crippen LogP contribution in [0.3, 0.4) is 0 Å². The molecule has 1 aromatic carbocycles. The van der Waals surface area contributed by atoms with Crippen molar-refractivity contribution in [3.05, 3.63) is 32.8 Å². The molecule has 0 fully saturated rings. The van der Waals surface area contributed by atoms with E-state index in [1.165, 1.54) is 0 Å². The molecule has 0 amide bonds. The van der Waals surface area contributed by atoms with Crippen molar-refractivity contribution in [1.82, 2.24) is 0 Å². The van der Waals surface area contributed by atoms with Crippen molar-refractivity contribution in [3.63, 3.8) is 0 Å². The van der Waals surface area contributed by atoms with Crippen molar-refractivity contribution >= 4 is 28.9 Å². The number of nitrogens with zero attached hydrogens (tertiary/aromatic N) is 1. The van der Waals surface area contributed by atoms with Crippen molar-refractivity contribution in [2.24, 2.45) is 0 Å². The number of carboxylic acid groups (broad SMARTS) is 1. The van der Waals surface area contributed by atoms with Crippen molar-refractivity contribution < 1.29 is 28.7 Å². The molecule has 0 unspecified atom stereocenters. The van der Waals surface area contributed by atoms with Gasteiger partial charge in [0.2, 0.25) is 0 Å². The number of rotatable bonds is 6. The Bertz CT molecular complexity index is 553. The summed E-state index contributed by atoms with van der Waals surface area (Å²) in [5, 5.41) is 29.6. The van der Waals surface area contributed by atoms with E-state index >= 15 is 0 Å². The van der Waals surface area contributed by atoms with E-state index in [2.05, 4.69) is 5.32 Å². The summed E-state index contributed by atoms with van der Waals surface area (Å²) in [7, 11) is 0. The van der Waals surface area contributed by atoms with E-state index in [4.69, 9.17) is 21.8 Å². The number of aliphatic hydroxyl groups excluding tert-OH is 1. The van der Waals surface area contributed by atoms with Crippen LogP contribution in [0, 0.1) is 10.1 Å². The number of nitro benzene ring substituents is 1. The molecule has 0 atom stereocenters. The molecule has 0 spiro atoms. The van der Waals surface area contributed by atoms with Gasteiger partial charge in [-0.15, -0.1) is 0 Å². The van der Waals surface area contributed by atoms with Gasteiger partial charge in [-0.25, -0.2) is 13.6 Å². The van der Waals surface area contributed by atoms with Gasteiger partial charge in [-0.2, -0.15) is 0 Å². The van der Waals surface area contributed by atoms with Crippen molar-refractivity contribution in [2.75, 3.05) is 18.5 Å². The van der Waals surface area contributed by atoms with Gasteiger partial charge >= 0.3 is 5.97 Å². The highest BCUT2D eigenvalue weighted by Crippen LogP contribution is 2.32. The number of nitro groups is 1. The molecule has 7 nitrogen and oxygen atoms in total. The monoisotopic (exact) mass is 310 g/mol. The standard InChI is InChI=1S/C10H9ClF2N2O5/c11-7-2-5(15(19)20)1-6(9(17)18)8(7)14-3-10(12,13)4-16/h1-2,14,16H,3-4H2,(H,17,18). The van der Waals surface area contributed by atoms with E-state index in [1.807, 2.05) is 0 Å². The Morgan fingerprint density at radius 3 is 2.55 bits per heavy atom. The van der Waals surface area contributed by atoms with Crippen LogP contribution in [0.5, 0.6) is 0 Å². The molecule has 1 rings (SSSR count). The molecular formula is C10H9ClF2N2O5. The quantitative estimate of drug-likeness (QED) is 0.547. The van der Waals surface area contributed by atoms with Gasteiger partial charge in [0.05, 0.1) is 27.7 Å². The second-order valence-electron chi connectivity index (χ2n) is 3.78. The Morgan fingerprint density at radius 1 is 1.50 bits per heavy atom. The van der Waals surface area contributed by atoms with E-state index in [-0.39, 0.29) is 10.7 Å². The summed E-state index contributed by atoms with van der Waals surface area (Å²) in [5.74, 6) is -5.05. The molecule has 0 aliphatic rings. The summed E-state index contributed by atoms with van der Waals surface area (Å²) >= 11 is 5.66. The number of anilines is 1. The number of non-ortho nitro benzene ring substituents is 1. The summed E-state index contributed by atoms with van der Waals surface area (Å²) in [5.41, 5.74) is -1.57. The first-order valence-electron chi connectivity index (χ1n) is 5.12. The van der Waals surface area contributed by atoms with Crippen molar-refractivity contribution in [3.8, 4) is 0 Å². The molecule has 20 heavy (non-hydrogen) atoms. The fraction of sp³-hybridized carbons (Fsp3) is 0.300. The number of alkyl halides is 2. The minimum Gasteiger partial charge on any atom is -0.478 e. The number of hydrogen-bond acceptors (Lipinski definition) is 5. The number of carboxylic acids is 1. The Kier molecular flexibility index (Phi) is 4.79. The zero-order valence-electron chi connectivity index (χ0n) is 9.77. The predicted molar refractivity (Wildman–Crippen MR) is 65.6 cm³/mol. The smallest absolute Gasteiger partial charge is 0.338 e. The largest absolute Gasteiger partial charge is 0.478 e. The number of aromatic carboxylic acids is 1. The minimum absolute atomic E-state index is 0.377. The second-order valence-corrected chi connectivity index (χ2v) is 4.19. The maximum absolute atomic E-state index is 12.9. The van der Waals surface area contributed by atoms with E-state index in [1.54, 1.807) is 0 Å². The summed E-state index contributed by atoms with van der Waals surface area (Å²) in [6, 6.07) is 1.54. The molecule has 0 aliphatic carbocycles. The maximum atomic E-state index is 12.9. The van der Waals surface area contributed by atoms with Crippen LogP contribution in [0.25, 0.3) is 0 Å². The Labute approximate surface area is 115 Å². The molecule has 0 radical (unpaired) electrons. The third-order valence-corrected chi connectivity index (χ3v) is 2.57. The number of carbonyl (C=O) groups is 1. The zero-order chi connectivity index (χ0) is 15.5. The molecule has 3 N–H and O–H groups in total. The van der Waals surface area contributed by atoms with E-state index in [0.717, 1.165) is 6.07 Å². The van der Waals surface area contributed by atoms with Crippen molar-refractivity contribution in [1.29, 1.82) is 0 Å². The summed E-state index contributed by atoms with van der Waals surface area (Å²) in [6.07, 6.45) is 0. The van der Waals surface area contributed by atoms with Crippen LogP contribution in [0.1, 0.15) is 10.4 Å². The van der Waals surface area contributed by atoms with Gasteiger partial charge in [0.1, 0.15) is 6.61 Å². The average molecular weight is 311 g/mol. The molecule has 10 heteroatoms. The number of halogens is 3. The molecule has 1 aromatic rings. The van der Waals surface area contributed by atoms with Crippen LogP contribution in [-0.2, 0) is 0 Å². The highest BCUT2D eigenvalue weighted by molar-refractivity contribution is 6.34. The van der Waals surface area contributed by atoms with Gasteiger partial charge < -0.3 is 15.5 Å². The fourth-order valence-corrected chi connectivity index (χ4v) is 1.60. The minimum atomic E-state index is -3.49. The van der Waals surface area contributed by atoms with Gasteiger partial charge in [0.15, 0.2) is 0 Å². The molecule has 110 valence electrons. The molecule has 0 aromatic heterocycles.